The SMILES string of the molecule is COc1ccc(C2=CCN(C[C](C)C)CC2)cc1F. The van der Waals surface area contributed by atoms with E-state index in [-0.39, 0.29) is 5.82 Å². The molecular formula is C16H21FNO. The minimum absolute atomic E-state index is 0.291. The maximum Gasteiger partial charge on any atom is 0.165 e. The van der Waals surface area contributed by atoms with E-state index in [1.807, 2.05) is 6.07 Å². The first kappa shape index (κ1) is 14.1. The van der Waals surface area contributed by atoms with Crippen molar-refractivity contribution >= 4 is 5.57 Å². The Bertz CT molecular complexity index is 468. The van der Waals surface area contributed by atoms with Gasteiger partial charge in [0.05, 0.1) is 7.11 Å². The molecule has 0 amide bonds. The van der Waals surface area contributed by atoms with Crippen LogP contribution in [0.2, 0.25) is 0 Å². The van der Waals surface area contributed by atoms with Gasteiger partial charge in [0.1, 0.15) is 0 Å². The number of methoxy groups -OCH3 is 1. The molecule has 0 spiro atoms. The fraction of sp³-hybridized carbons (Fsp3) is 0.438. The van der Waals surface area contributed by atoms with E-state index in [9.17, 15) is 4.39 Å². The number of hydrogen-bond donors (Lipinski definition) is 0. The van der Waals surface area contributed by atoms with Gasteiger partial charge in [-0.25, -0.2) is 4.39 Å². The van der Waals surface area contributed by atoms with E-state index in [0.717, 1.165) is 31.6 Å². The van der Waals surface area contributed by atoms with Gasteiger partial charge in [-0.05, 0) is 35.6 Å². The highest BCUT2D eigenvalue weighted by molar-refractivity contribution is 5.67. The van der Waals surface area contributed by atoms with Gasteiger partial charge in [0.25, 0.3) is 0 Å². The Kier molecular flexibility index (Phi) is 4.59. The minimum atomic E-state index is -0.291. The van der Waals surface area contributed by atoms with E-state index in [0.29, 0.717) is 5.75 Å². The van der Waals surface area contributed by atoms with Crippen LogP contribution < -0.4 is 4.74 Å². The second-order valence-electron chi connectivity index (χ2n) is 5.27. The molecule has 1 aliphatic rings. The van der Waals surface area contributed by atoms with Crippen molar-refractivity contribution < 1.29 is 9.13 Å². The van der Waals surface area contributed by atoms with Gasteiger partial charge < -0.3 is 4.74 Å². The van der Waals surface area contributed by atoms with Crippen LogP contribution in [0, 0.1) is 11.7 Å². The second-order valence-corrected chi connectivity index (χ2v) is 5.27. The molecule has 0 saturated carbocycles. The Hall–Kier alpha value is -1.35. The Morgan fingerprint density at radius 3 is 2.68 bits per heavy atom. The summed E-state index contributed by atoms with van der Waals surface area (Å²) in [6.45, 7) is 7.32. The molecule has 1 aromatic rings. The fourth-order valence-corrected chi connectivity index (χ4v) is 2.43. The zero-order valence-corrected chi connectivity index (χ0v) is 11.9. The van der Waals surface area contributed by atoms with Crippen LogP contribution in [-0.4, -0.2) is 31.6 Å². The van der Waals surface area contributed by atoms with Crippen LogP contribution in [-0.2, 0) is 0 Å². The van der Waals surface area contributed by atoms with E-state index < -0.39 is 0 Å². The van der Waals surface area contributed by atoms with Crippen LogP contribution in [0.15, 0.2) is 24.3 Å². The van der Waals surface area contributed by atoms with E-state index in [1.165, 1.54) is 18.6 Å². The fourth-order valence-electron chi connectivity index (χ4n) is 2.43. The summed E-state index contributed by atoms with van der Waals surface area (Å²) in [4.78, 5) is 2.40. The lowest BCUT2D eigenvalue weighted by Gasteiger charge is -2.27. The van der Waals surface area contributed by atoms with E-state index >= 15 is 0 Å². The first-order valence-corrected chi connectivity index (χ1v) is 6.64. The third-order valence-electron chi connectivity index (χ3n) is 3.36. The molecule has 0 atom stereocenters. The molecule has 0 aliphatic carbocycles. The Labute approximate surface area is 114 Å². The Morgan fingerprint density at radius 1 is 1.37 bits per heavy atom. The zero-order valence-electron chi connectivity index (χ0n) is 11.9. The molecule has 0 fully saturated rings. The van der Waals surface area contributed by atoms with Crippen LogP contribution in [0.5, 0.6) is 5.75 Å². The lowest BCUT2D eigenvalue weighted by molar-refractivity contribution is 0.313. The molecule has 0 N–H and O–H groups in total. The van der Waals surface area contributed by atoms with E-state index in [2.05, 4.69) is 24.8 Å². The lowest BCUT2D eigenvalue weighted by Crippen LogP contribution is -2.31. The maximum absolute atomic E-state index is 13.7. The summed E-state index contributed by atoms with van der Waals surface area (Å²) in [7, 11) is 1.49. The topological polar surface area (TPSA) is 12.5 Å². The summed E-state index contributed by atoms with van der Waals surface area (Å²) in [6.07, 6.45) is 3.17. The van der Waals surface area contributed by atoms with Gasteiger partial charge in [-0.15, -0.1) is 0 Å². The highest BCUT2D eigenvalue weighted by atomic mass is 19.1. The molecule has 0 aromatic heterocycles. The van der Waals surface area contributed by atoms with E-state index in [1.54, 1.807) is 12.1 Å². The minimum Gasteiger partial charge on any atom is -0.494 e. The Morgan fingerprint density at radius 2 is 2.16 bits per heavy atom. The van der Waals surface area contributed by atoms with Gasteiger partial charge in [-0.3, -0.25) is 4.90 Å². The number of nitrogens with zero attached hydrogens (tertiary/aromatic N) is 1. The van der Waals surface area contributed by atoms with Crippen LogP contribution in [0.25, 0.3) is 5.57 Å². The molecule has 2 nitrogen and oxygen atoms in total. The highest BCUT2D eigenvalue weighted by Gasteiger charge is 2.15. The standard InChI is InChI=1S/C16H21FNO/c1-12(2)11-18-8-6-13(7-9-18)14-4-5-16(19-3)15(17)10-14/h4-6,10H,7-9,11H2,1-3H3. The average Bonchev–Trinajstić information content (AvgIpc) is 2.39. The molecule has 1 aromatic carbocycles. The number of halogens is 1. The molecule has 1 radical (unpaired) electrons. The van der Waals surface area contributed by atoms with Crippen molar-refractivity contribution in [2.75, 3.05) is 26.7 Å². The summed E-state index contributed by atoms with van der Waals surface area (Å²) in [5.41, 5.74) is 2.20. The normalized spacial score (nSPS) is 16.6. The maximum atomic E-state index is 13.7. The van der Waals surface area contributed by atoms with Crippen LogP contribution >= 0.6 is 0 Å². The molecule has 0 bridgehead atoms. The lowest BCUT2D eigenvalue weighted by atomic mass is 9.98. The highest BCUT2D eigenvalue weighted by Crippen LogP contribution is 2.26. The monoisotopic (exact) mass is 262 g/mol. The van der Waals surface area contributed by atoms with Crippen molar-refractivity contribution in [2.45, 2.75) is 20.3 Å². The summed E-state index contributed by atoms with van der Waals surface area (Å²) >= 11 is 0. The second kappa shape index (κ2) is 6.20. The van der Waals surface area contributed by atoms with E-state index in [4.69, 9.17) is 4.74 Å². The number of benzene rings is 1. The van der Waals surface area contributed by atoms with Gasteiger partial charge in [-0.1, -0.05) is 26.0 Å². The smallest absolute Gasteiger partial charge is 0.165 e. The molecule has 19 heavy (non-hydrogen) atoms. The predicted octanol–water partition coefficient (Wildman–Crippen LogP) is 3.54. The number of rotatable bonds is 4. The van der Waals surface area contributed by atoms with Gasteiger partial charge in [0.2, 0.25) is 0 Å². The van der Waals surface area contributed by atoms with Crippen LogP contribution in [0.4, 0.5) is 4.39 Å². The quantitative estimate of drug-likeness (QED) is 0.823. The molecule has 0 unspecified atom stereocenters. The molecule has 1 heterocycles. The van der Waals surface area contributed by atoms with Gasteiger partial charge in [0, 0.05) is 19.6 Å². The molecular weight excluding hydrogens is 241 g/mol. The van der Waals surface area contributed by atoms with Crippen molar-refractivity contribution in [1.82, 2.24) is 4.90 Å². The molecule has 3 heteroatoms. The summed E-state index contributed by atoms with van der Waals surface area (Å²) in [5, 5.41) is 0. The largest absolute Gasteiger partial charge is 0.494 e. The number of ether oxygens (including phenoxy) is 1. The zero-order chi connectivity index (χ0) is 13.8. The van der Waals surface area contributed by atoms with Crippen molar-refractivity contribution in [2.24, 2.45) is 0 Å². The molecule has 103 valence electrons. The molecule has 1 aliphatic heterocycles. The van der Waals surface area contributed by atoms with Crippen LogP contribution in [0.3, 0.4) is 0 Å². The number of hydrogen-bond acceptors (Lipinski definition) is 2. The summed E-state index contributed by atoms with van der Waals surface area (Å²) < 4.78 is 18.6. The first-order chi connectivity index (χ1) is 9.10. The van der Waals surface area contributed by atoms with Crippen molar-refractivity contribution in [3.8, 4) is 5.75 Å². The third-order valence-corrected chi connectivity index (χ3v) is 3.36. The van der Waals surface area contributed by atoms with Gasteiger partial charge in [-0.2, -0.15) is 0 Å². The summed E-state index contributed by atoms with van der Waals surface area (Å²) in [6, 6.07) is 5.19. The Balaban J connectivity index is 2.07. The first-order valence-electron chi connectivity index (χ1n) is 6.64. The summed E-state index contributed by atoms with van der Waals surface area (Å²) in [5.74, 6) is 1.44. The predicted molar refractivity (Wildman–Crippen MR) is 76.6 cm³/mol. The third kappa shape index (κ3) is 3.57. The van der Waals surface area contributed by atoms with Crippen molar-refractivity contribution in [3.05, 3.63) is 41.6 Å². The molecule has 0 saturated heterocycles. The van der Waals surface area contributed by atoms with Crippen LogP contribution in [0.1, 0.15) is 25.8 Å². The average molecular weight is 262 g/mol. The van der Waals surface area contributed by atoms with Crippen molar-refractivity contribution in [3.63, 3.8) is 0 Å². The van der Waals surface area contributed by atoms with Gasteiger partial charge >= 0.3 is 0 Å². The van der Waals surface area contributed by atoms with Gasteiger partial charge in [0.15, 0.2) is 11.6 Å². The van der Waals surface area contributed by atoms with Crippen molar-refractivity contribution in [1.29, 1.82) is 0 Å². The molecule has 2 rings (SSSR count).